The maximum absolute atomic E-state index is 11.0. The van der Waals surface area contributed by atoms with Gasteiger partial charge in [0.05, 0.1) is 6.42 Å². The average Bonchev–Trinajstić information content (AvgIpc) is 2.41. The number of benzene rings is 1. The first-order chi connectivity index (χ1) is 9.86. The molecule has 3 heteroatoms. The molecule has 1 aliphatic rings. The molecule has 21 heavy (non-hydrogen) atoms. The lowest BCUT2D eigenvalue weighted by Crippen LogP contribution is -2.41. The molecule has 0 radical (unpaired) electrons. The number of nitrogens with zero attached hydrogens (tertiary/aromatic N) is 1. The summed E-state index contributed by atoms with van der Waals surface area (Å²) in [5.74, 6) is -0.717. The van der Waals surface area contributed by atoms with E-state index in [1.807, 2.05) is 6.92 Å². The highest BCUT2D eigenvalue weighted by Gasteiger charge is 2.36. The first-order valence-corrected chi connectivity index (χ1v) is 7.93. The van der Waals surface area contributed by atoms with Crippen molar-refractivity contribution in [1.82, 2.24) is 4.90 Å². The van der Waals surface area contributed by atoms with Crippen molar-refractivity contribution in [3.05, 3.63) is 35.4 Å². The van der Waals surface area contributed by atoms with Crippen LogP contribution in [-0.2, 0) is 10.2 Å². The van der Waals surface area contributed by atoms with Crippen molar-refractivity contribution in [1.29, 1.82) is 0 Å². The van der Waals surface area contributed by atoms with E-state index in [4.69, 9.17) is 5.11 Å². The van der Waals surface area contributed by atoms with E-state index in [9.17, 15) is 4.79 Å². The Balaban J connectivity index is 2.33. The Bertz CT molecular complexity index is 510. The van der Waals surface area contributed by atoms with Gasteiger partial charge in [0.2, 0.25) is 0 Å². The molecule has 3 nitrogen and oxygen atoms in total. The average molecular weight is 289 g/mol. The summed E-state index contributed by atoms with van der Waals surface area (Å²) in [6.45, 7) is 9.65. The Morgan fingerprint density at radius 3 is 2.71 bits per heavy atom. The van der Waals surface area contributed by atoms with Crippen LogP contribution in [0.25, 0.3) is 0 Å². The molecule has 0 saturated carbocycles. The molecule has 0 spiro atoms. The zero-order valence-corrected chi connectivity index (χ0v) is 13.6. The predicted molar refractivity (Wildman–Crippen MR) is 85.5 cm³/mol. The Kier molecular flexibility index (Phi) is 4.72. The Hall–Kier alpha value is -1.35. The number of rotatable bonds is 5. The van der Waals surface area contributed by atoms with Crippen molar-refractivity contribution in [3.8, 4) is 0 Å². The van der Waals surface area contributed by atoms with Crippen molar-refractivity contribution in [2.75, 3.05) is 6.54 Å². The Morgan fingerprint density at radius 1 is 1.43 bits per heavy atom. The van der Waals surface area contributed by atoms with Crippen molar-refractivity contribution >= 4 is 5.97 Å². The van der Waals surface area contributed by atoms with Gasteiger partial charge in [-0.3, -0.25) is 9.69 Å². The minimum atomic E-state index is -0.717. The largest absolute Gasteiger partial charge is 0.481 e. The third-order valence-electron chi connectivity index (χ3n) is 4.89. The fraction of sp³-hybridized carbons (Fsp3) is 0.611. The van der Waals surface area contributed by atoms with Gasteiger partial charge in [-0.15, -0.1) is 0 Å². The van der Waals surface area contributed by atoms with Gasteiger partial charge in [0.15, 0.2) is 0 Å². The molecule has 0 heterocycles. The fourth-order valence-corrected chi connectivity index (χ4v) is 3.75. The number of hydrogen-bond donors (Lipinski definition) is 1. The lowest BCUT2D eigenvalue weighted by molar-refractivity contribution is -0.138. The van der Waals surface area contributed by atoms with E-state index in [1.165, 1.54) is 11.1 Å². The zero-order valence-electron chi connectivity index (χ0n) is 13.6. The molecule has 1 N–H and O–H groups in total. The monoisotopic (exact) mass is 289 g/mol. The second-order valence-corrected chi connectivity index (χ2v) is 6.80. The van der Waals surface area contributed by atoms with E-state index >= 15 is 0 Å². The van der Waals surface area contributed by atoms with Gasteiger partial charge in [0.25, 0.3) is 0 Å². The van der Waals surface area contributed by atoms with E-state index in [0.29, 0.717) is 6.04 Å². The number of carboxylic acid groups (broad SMARTS) is 1. The van der Waals surface area contributed by atoms with Gasteiger partial charge in [-0.25, -0.2) is 0 Å². The van der Waals surface area contributed by atoms with Crippen molar-refractivity contribution < 1.29 is 9.90 Å². The quantitative estimate of drug-likeness (QED) is 0.891. The van der Waals surface area contributed by atoms with Crippen LogP contribution in [-0.4, -0.2) is 28.6 Å². The minimum Gasteiger partial charge on any atom is -0.481 e. The minimum absolute atomic E-state index is 0.0618. The maximum Gasteiger partial charge on any atom is 0.304 e. The SMILES string of the molecule is CCN(C(C)CC(=O)O)C1CCC(C)(C)c2ccccc21. The predicted octanol–water partition coefficient (Wildman–Crippen LogP) is 3.98. The second-order valence-electron chi connectivity index (χ2n) is 6.80. The van der Waals surface area contributed by atoms with E-state index in [0.717, 1.165) is 19.4 Å². The molecule has 0 aromatic heterocycles. The first kappa shape index (κ1) is 16.0. The highest BCUT2D eigenvalue weighted by Crippen LogP contribution is 2.44. The summed E-state index contributed by atoms with van der Waals surface area (Å²) in [6, 6.07) is 9.07. The molecule has 0 saturated heterocycles. The molecule has 0 bridgehead atoms. The molecule has 1 aliphatic carbocycles. The number of hydrogen-bond acceptors (Lipinski definition) is 2. The molecule has 0 fully saturated rings. The van der Waals surface area contributed by atoms with Crippen LogP contribution in [0.2, 0.25) is 0 Å². The van der Waals surface area contributed by atoms with Gasteiger partial charge in [0.1, 0.15) is 0 Å². The van der Waals surface area contributed by atoms with Gasteiger partial charge < -0.3 is 5.11 Å². The van der Waals surface area contributed by atoms with Crippen LogP contribution in [0.3, 0.4) is 0 Å². The number of aliphatic carboxylic acids is 1. The zero-order chi connectivity index (χ0) is 15.6. The molecule has 1 aromatic carbocycles. The lowest BCUT2D eigenvalue weighted by Gasteiger charge is -2.43. The third-order valence-corrected chi connectivity index (χ3v) is 4.89. The van der Waals surface area contributed by atoms with Gasteiger partial charge in [0, 0.05) is 12.1 Å². The van der Waals surface area contributed by atoms with Crippen LogP contribution in [0.4, 0.5) is 0 Å². The highest BCUT2D eigenvalue weighted by atomic mass is 16.4. The van der Waals surface area contributed by atoms with Crippen molar-refractivity contribution in [2.45, 2.75) is 64.5 Å². The van der Waals surface area contributed by atoms with Crippen LogP contribution < -0.4 is 0 Å². The summed E-state index contributed by atoms with van der Waals surface area (Å²) in [5.41, 5.74) is 3.01. The van der Waals surface area contributed by atoms with E-state index in [-0.39, 0.29) is 17.9 Å². The van der Waals surface area contributed by atoms with E-state index in [2.05, 4.69) is 49.9 Å². The van der Waals surface area contributed by atoms with Crippen LogP contribution in [0, 0.1) is 0 Å². The van der Waals surface area contributed by atoms with E-state index < -0.39 is 5.97 Å². The topological polar surface area (TPSA) is 40.5 Å². The smallest absolute Gasteiger partial charge is 0.304 e. The standard InChI is InChI=1S/C18H27NO2/c1-5-19(13(2)12-17(20)21)16-10-11-18(3,4)15-9-7-6-8-14(15)16/h6-9,13,16H,5,10-12H2,1-4H3,(H,20,21). The van der Waals surface area contributed by atoms with Crippen LogP contribution in [0.15, 0.2) is 24.3 Å². The molecule has 0 amide bonds. The van der Waals surface area contributed by atoms with E-state index in [1.54, 1.807) is 0 Å². The van der Waals surface area contributed by atoms with Crippen LogP contribution in [0.5, 0.6) is 0 Å². The molecular weight excluding hydrogens is 262 g/mol. The summed E-state index contributed by atoms with van der Waals surface area (Å²) < 4.78 is 0. The molecule has 2 rings (SSSR count). The molecular formula is C18H27NO2. The third kappa shape index (κ3) is 3.29. The summed E-state index contributed by atoms with van der Waals surface area (Å²) in [5, 5.41) is 9.08. The second kappa shape index (κ2) is 6.18. The van der Waals surface area contributed by atoms with Gasteiger partial charge in [-0.2, -0.15) is 0 Å². The maximum atomic E-state index is 11.0. The summed E-state index contributed by atoms with van der Waals surface area (Å²) in [6.07, 6.45) is 2.45. The normalized spacial score (nSPS) is 21.9. The number of carbonyl (C=O) groups is 1. The summed E-state index contributed by atoms with van der Waals surface area (Å²) >= 11 is 0. The molecule has 2 unspecified atom stereocenters. The van der Waals surface area contributed by atoms with Crippen molar-refractivity contribution in [2.24, 2.45) is 0 Å². The summed E-state index contributed by atoms with van der Waals surface area (Å²) in [4.78, 5) is 13.4. The van der Waals surface area contributed by atoms with Crippen molar-refractivity contribution in [3.63, 3.8) is 0 Å². The van der Waals surface area contributed by atoms with Crippen LogP contribution >= 0.6 is 0 Å². The fourth-order valence-electron chi connectivity index (χ4n) is 3.75. The number of carboxylic acids is 1. The van der Waals surface area contributed by atoms with Gasteiger partial charge >= 0.3 is 5.97 Å². The molecule has 0 aliphatic heterocycles. The molecule has 116 valence electrons. The number of fused-ring (bicyclic) bond motifs is 1. The molecule has 2 atom stereocenters. The van der Waals surface area contributed by atoms with Crippen LogP contribution in [0.1, 0.15) is 64.1 Å². The Morgan fingerprint density at radius 2 is 2.10 bits per heavy atom. The Labute approximate surface area is 128 Å². The van der Waals surface area contributed by atoms with Gasteiger partial charge in [-0.1, -0.05) is 45.0 Å². The van der Waals surface area contributed by atoms with Gasteiger partial charge in [-0.05, 0) is 42.9 Å². The first-order valence-electron chi connectivity index (χ1n) is 7.93. The summed E-state index contributed by atoms with van der Waals surface area (Å²) in [7, 11) is 0. The molecule has 1 aromatic rings. The lowest BCUT2D eigenvalue weighted by atomic mass is 9.70. The highest BCUT2D eigenvalue weighted by molar-refractivity contribution is 5.67.